The van der Waals surface area contributed by atoms with E-state index < -0.39 is 0 Å². The molecule has 0 N–H and O–H groups in total. The summed E-state index contributed by atoms with van der Waals surface area (Å²) < 4.78 is 5.17. The molecule has 0 unspecified atom stereocenters. The molecule has 2 aromatic carbocycles. The van der Waals surface area contributed by atoms with E-state index in [9.17, 15) is 9.59 Å². The molecular formula is C25H26Cl2N2O3S. The van der Waals surface area contributed by atoms with Crippen LogP contribution in [0.2, 0.25) is 10.0 Å². The first kappa shape index (κ1) is 25.2. The Kier molecular flexibility index (Phi) is 9.32. The Bertz CT molecular complexity index is 1090. The second kappa shape index (κ2) is 12.2. The molecule has 33 heavy (non-hydrogen) atoms. The average molecular weight is 505 g/mol. The van der Waals surface area contributed by atoms with Crippen molar-refractivity contribution in [3.63, 3.8) is 0 Å². The summed E-state index contributed by atoms with van der Waals surface area (Å²) in [6.07, 6.45) is 0. The van der Waals surface area contributed by atoms with Crippen molar-refractivity contribution in [2.24, 2.45) is 0 Å². The van der Waals surface area contributed by atoms with Gasteiger partial charge in [0.25, 0.3) is 5.91 Å². The quantitative estimate of drug-likeness (QED) is 0.356. The van der Waals surface area contributed by atoms with Gasteiger partial charge in [0, 0.05) is 35.0 Å². The smallest absolute Gasteiger partial charge is 0.255 e. The summed E-state index contributed by atoms with van der Waals surface area (Å²) in [5, 5.41) is 0.689. The van der Waals surface area contributed by atoms with Crippen LogP contribution in [0.5, 0.6) is 0 Å². The highest BCUT2D eigenvalue weighted by Crippen LogP contribution is 2.23. The van der Waals surface area contributed by atoms with Crippen molar-refractivity contribution in [2.45, 2.75) is 20.0 Å². The van der Waals surface area contributed by atoms with Crippen LogP contribution in [-0.4, -0.2) is 48.4 Å². The lowest BCUT2D eigenvalue weighted by Crippen LogP contribution is -2.43. The van der Waals surface area contributed by atoms with Crippen LogP contribution in [0.15, 0.2) is 60.7 Å². The van der Waals surface area contributed by atoms with Gasteiger partial charge in [0.2, 0.25) is 5.91 Å². The predicted molar refractivity (Wildman–Crippen MR) is 134 cm³/mol. The summed E-state index contributed by atoms with van der Waals surface area (Å²) in [6.45, 7) is 3.44. The van der Waals surface area contributed by atoms with Crippen molar-refractivity contribution < 1.29 is 14.3 Å². The Morgan fingerprint density at radius 2 is 1.73 bits per heavy atom. The Hall–Kier alpha value is -2.38. The third-order valence-corrected chi connectivity index (χ3v) is 6.59. The third-order valence-electron chi connectivity index (χ3n) is 5.05. The first-order valence-electron chi connectivity index (χ1n) is 10.5. The summed E-state index contributed by atoms with van der Waals surface area (Å²) in [7, 11) is 1.56. The average Bonchev–Trinajstić information content (AvgIpc) is 3.21. The number of ether oxygens (including phenoxy) is 1. The maximum atomic E-state index is 13.4. The summed E-state index contributed by atoms with van der Waals surface area (Å²) in [6, 6.07) is 18.6. The van der Waals surface area contributed by atoms with Gasteiger partial charge in [-0.15, -0.1) is 11.3 Å². The number of rotatable bonds is 10. The monoisotopic (exact) mass is 504 g/mol. The van der Waals surface area contributed by atoms with Gasteiger partial charge in [0.05, 0.1) is 23.7 Å². The molecule has 0 radical (unpaired) electrons. The molecule has 1 heterocycles. The first-order valence-corrected chi connectivity index (χ1v) is 12.0. The van der Waals surface area contributed by atoms with Gasteiger partial charge >= 0.3 is 0 Å². The predicted octanol–water partition coefficient (Wildman–Crippen LogP) is 5.68. The Balaban J connectivity index is 1.82. The van der Waals surface area contributed by atoms with Crippen LogP contribution >= 0.6 is 34.5 Å². The molecule has 3 rings (SSSR count). The fourth-order valence-electron chi connectivity index (χ4n) is 3.34. The fourth-order valence-corrected chi connectivity index (χ4v) is 4.74. The fraction of sp³-hybridized carbons (Fsp3) is 0.280. The van der Waals surface area contributed by atoms with E-state index in [1.165, 1.54) is 15.8 Å². The Morgan fingerprint density at radius 3 is 2.36 bits per heavy atom. The van der Waals surface area contributed by atoms with Crippen LogP contribution in [0.3, 0.4) is 0 Å². The molecule has 0 bridgehead atoms. The van der Waals surface area contributed by atoms with Crippen LogP contribution in [0, 0.1) is 6.92 Å². The molecule has 3 aromatic rings. The highest BCUT2D eigenvalue weighted by Gasteiger charge is 2.24. The van der Waals surface area contributed by atoms with Crippen LogP contribution in [0.4, 0.5) is 0 Å². The van der Waals surface area contributed by atoms with E-state index in [1.807, 2.05) is 49.4 Å². The number of amides is 2. The molecule has 0 saturated carbocycles. The number of aryl methyl sites for hydroxylation is 1. The largest absolute Gasteiger partial charge is 0.383 e. The van der Waals surface area contributed by atoms with E-state index in [4.69, 9.17) is 27.9 Å². The Labute approximate surface area is 208 Å². The van der Waals surface area contributed by atoms with Crippen molar-refractivity contribution in [2.75, 3.05) is 26.8 Å². The first-order chi connectivity index (χ1) is 15.9. The lowest BCUT2D eigenvalue weighted by atomic mass is 10.2. The standard InChI is InChI=1S/C25H26Cl2N2O3S/c1-18-8-10-21(33-18)16-29(15-19-6-4-3-5-7-19)24(30)17-28(12-13-32-2)25(31)22-11-9-20(26)14-23(22)27/h3-11,14H,12-13,15-17H2,1-2H3. The molecule has 0 aliphatic heterocycles. The highest BCUT2D eigenvalue weighted by molar-refractivity contribution is 7.11. The van der Waals surface area contributed by atoms with Crippen LogP contribution in [0.1, 0.15) is 25.7 Å². The zero-order valence-corrected chi connectivity index (χ0v) is 20.9. The zero-order chi connectivity index (χ0) is 23.8. The minimum Gasteiger partial charge on any atom is -0.383 e. The maximum Gasteiger partial charge on any atom is 0.255 e. The SMILES string of the molecule is COCCN(CC(=O)N(Cc1ccccc1)Cc1ccc(C)s1)C(=O)c1ccc(Cl)cc1Cl. The van der Waals surface area contributed by atoms with E-state index in [-0.39, 0.29) is 29.9 Å². The Morgan fingerprint density at radius 1 is 0.970 bits per heavy atom. The number of hydrogen-bond acceptors (Lipinski definition) is 4. The van der Waals surface area contributed by atoms with Crippen molar-refractivity contribution in [3.8, 4) is 0 Å². The number of halogens is 2. The van der Waals surface area contributed by atoms with Gasteiger partial charge in [-0.05, 0) is 42.8 Å². The summed E-state index contributed by atoms with van der Waals surface area (Å²) in [5.74, 6) is -0.492. The molecule has 1 aromatic heterocycles. The molecule has 0 fully saturated rings. The van der Waals surface area contributed by atoms with Crippen molar-refractivity contribution in [3.05, 3.63) is 91.6 Å². The van der Waals surface area contributed by atoms with Crippen molar-refractivity contribution in [1.82, 2.24) is 9.80 Å². The van der Waals surface area contributed by atoms with E-state index >= 15 is 0 Å². The van der Waals surface area contributed by atoms with Gasteiger partial charge in [0.15, 0.2) is 0 Å². The number of carbonyl (C=O) groups is 2. The van der Waals surface area contributed by atoms with Crippen molar-refractivity contribution in [1.29, 1.82) is 0 Å². The van der Waals surface area contributed by atoms with Gasteiger partial charge in [-0.2, -0.15) is 0 Å². The van der Waals surface area contributed by atoms with Crippen molar-refractivity contribution >= 4 is 46.4 Å². The molecular weight excluding hydrogens is 479 g/mol. The maximum absolute atomic E-state index is 13.4. The number of thiophene rings is 1. The minimum atomic E-state index is -0.339. The molecule has 0 aliphatic carbocycles. The summed E-state index contributed by atoms with van der Waals surface area (Å²) in [4.78, 5) is 32.2. The van der Waals surface area contributed by atoms with Crippen LogP contribution in [-0.2, 0) is 22.6 Å². The van der Waals surface area contributed by atoms with E-state index in [1.54, 1.807) is 35.5 Å². The lowest BCUT2D eigenvalue weighted by molar-refractivity contribution is -0.133. The number of nitrogens with zero attached hydrogens (tertiary/aromatic N) is 2. The molecule has 0 saturated heterocycles. The van der Waals surface area contributed by atoms with Crippen LogP contribution < -0.4 is 0 Å². The highest BCUT2D eigenvalue weighted by atomic mass is 35.5. The molecule has 0 atom stereocenters. The number of methoxy groups -OCH3 is 1. The zero-order valence-electron chi connectivity index (χ0n) is 18.6. The van der Waals surface area contributed by atoms with Gasteiger partial charge < -0.3 is 14.5 Å². The summed E-state index contributed by atoms with van der Waals surface area (Å²) in [5.41, 5.74) is 1.32. The number of benzene rings is 2. The normalized spacial score (nSPS) is 10.8. The second-order valence-corrected chi connectivity index (χ2v) is 9.81. The second-order valence-electron chi connectivity index (χ2n) is 7.59. The topological polar surface area (TPSA) is 49.9 Å². The molecule has 0 aliphatic rings. The number of carbonyl (C=O) groups excluding carboxylic acids is 2. The molecule has 8 heteroatoms. The van der Waals surface area contributed by atoms with E-state index in [0.717, 1.165) is 10.4 Å². The molecule has 5 nitrogen and oxygen atoms in total. The van der Waals surface area contributed by atoms with E-state index in [2.05, 4.69) is 0 Å². The molecule has 2 amide bonds. The van der Waals surface area contributed by atoms with E-state index in [0.29, 0.717) is 30.3 Å². The molecule has 174 valence electrons. The van der Waals surface area contributed by atoms with Gasteiger partial charge in [0.1, 0.15) is 6.54 Å². The van der Waals surface area contributed by atoms with Gasteiger partial charge in [-0.1, -0.05) is 53.5 Å². The van der Waals surface area contributed by atoms with Crippen LogP contribution in [0.25, 0.3) is 0 Å². The summed E-state index contributed by atoms with van der Waals surface area (Å²) >= 11 is 13.9. The van der Waals surface area contributed by atoms with Gasteiger partial charge in [-0.25, -0.2) is 0 Å². The molecule has 0 spiro atoms. The van der Waals surface area contributed by atoms with Gasteiger partial charge in [-0.3, -0.25) is 9.59 Å². The lowest BCUT2D eigenvalue weighted by Gasteiger charge is -2.28. The third kappa shape index (κ3) is 7.30. The minimum absolute atomic E-state index is 0.0850. The number of hydrogen-bond donors (Lipinski definition) is 0.